The summed E-state index contributed by atoms with van der Waals surface area (Å²) in [4.78, 5) is 46.0. The quantitative estimate of drug-likeness (QED) is 0.614. The Morgan fingerprint density at radius 2 is 1.94 bits per heavy atom. The topological polar surface area (TPSA) is 120 Å². The van der Waals surface area contributed by atoms with Crippen molar-refractivity contribution in [3.05, 3.63) is 64.6 Å². The molecule has 1 unspecified atom stereocenters. The molecule has 166 valence electrons. The van der Waals surface area contributed by atoms with Crippen LogP contribution >= 0.6 is 0 Å². The average Bonchev–Trinajstić information content (AvgIpc) is 2.79. The zero-order chi connectivity index (χ0) is 22.7. The number of carbonyl (C=O) groups is 2. The Morgan fingerprint density at radius 1 is 1.16 bits per heavy atom. The number of rotatable bonds is 6. The minimum atomic E-state index is -0.830. The third-order valence-corrected chi connectivity index (χ3v) is 5.96. The van der Waals surface area contributed by atoms with Crippen LogP contribution in [0.25, 0.3) is 10.9 Å². The highest BCUT2D eigenvalue weighted by atomic mass is 19.1. The first-order valence-corrected chi connectivity index (χ1v) is 10.7. The molecule has 0 radical (unpaired) electrons. The molecule has 1 fully saturated rings. The molecule has 0 bridgehead atoms. The number of amides is 2. The van der Waals surface area contributed by atoms with Crippen molar-refractivity contribution in [1.29, 1.82) is 0 Å². The molecular weight excluding hydrogens is 413 g/mol. The lowest BCUT2D eigenvalue weighted by Crippen LogP contribution is -2.35. The van der Waals surface area contributed by atoms with Crippen molar-refractivity contribution < 1.29 is 14.0 Å². The monoisotopic (exact) mass is 437 g/mol. The standard InChI is InChI=1S/C23H24FN5O3/c24-16-7-8-18-17(11-16)23(32)29(13-27-18)19(10-14-4-2-1-3-5-14)22(31)28-20-9-6-15(12-26-20)21(25)30/h6-9,11-14,19H,1-5,10H2,(H2,25,30)(H,26,28,31). The number of primary amides is 1. The molecule has 8 nitrogen and oxygen atoms in total. The van der Waals surface area contributed by atoms with E-state index < -0.39 is 29.2 Å². The normalized spacial score (nSPS) is 15.4. The van der Waals surface area contributed by atoms with Gasteiger partial charge >= 0.3 is 0 Å². The molecule has 9 heteroatoms. The molecule has 2 aromatic heterocycles. The van der Waals surface area contributed by atoms with Crippen molar-refractivity contribution in [2.24, 2.45) is 11.7 Å². The smallest absolute Gasteiger partial charge is 0.262 e. The van der Waals surface area contributed by atoms with Gasteiger partial charge in [0.1, 0.15) is 17.7 Å². The maximum absolute atomic E-state index is 13.8. The summed E-state index contributed by atoms with van der Waals surface area (Å²) in [5.74, 6) is -1.05. The molecule has 0 saturated heterocycles. The Balaban J connectivity index is 1.67. The first-order chi connectivity index (χ1) is 15.4. The molecule has 4 rings (SSSR count). The van der Waals surface area contributed by atoms with Gasteiger partial charge in [0.05, 0.1) is 22.8 Å². The van der Waals surface area contributed by atoms with E-state index in [9.17, 15) is 18.8 Å². The first-order valence-electron chi connectivity index (χ1n) is 10.7. The SMILES string of the molecule is NC(=O)c1ccc(NC(=O)C(CC2CCCCC2)n2cnc3ccc(F)cc3c2=O)nc1. The Morgan fingerprint density at radius 3 is 2.62 bits per heavy atom. The third kappa shape index (κ3) is 4.66. The molecule has 1 aliphatic rings. The number of nitrogens with one attached hydrogen (secondary N) is 1. The number of carbonyl (C=O) groups excluding carboxylic acids is 2. The van der Waals surface area contributed by atoms with Crippen molar-refractivity contribution >= 4 is 28.5 Å². The Hall–Kier alpha value is -3.62. The lowest BCUT2D eigenvalue weighted by Gasteiger charge is -2.27. The van der Waals surface area contributed by atoms with E-state index in [1.807, 2.05) is 0 Å². The van der Waals surface area contributed by atoms with Crippen LogP contribution in [0, 0.1) is 11.7 Å². The molecule has 3 N–H and O–H groups in total. The fourth-order valence-corrected chi connectivity index (χ4v) is 4.24. The summed E-state index contributed by atoms with van der Waals surface area (Å²) in [5, 5.41) is 2.84. The molecule has 2 heterocycles. The van der Waals surface area contributed by atoms with Crippen molar-refractivity contribution in [3.63, 3.8) is 0 Å². The zero-order valence-electron chi connectivity index (χ0n) is 17.5. The summed E-state index contributed by atoms with van der Waals surface area (Å²) < 4.78 is 15.0. The van der Waals surface area contributed by atoms with E-state index in [-0.39, 0.29) is 16.8 Å². The van der Waals surface area contributed by atoms with Crippen molar-refractivity contribution in [2.45, 2.75) is 44.6 Å². The number of hydrogen-bond donors (Lipinski definition) is 2. The van der Waals surface area contributed by atoms with Crippen molar-refractivity contribution in [3.8, 4) is 0 Å². The van der Waals surface area contributed by atoms with Gasteiger partial charge < -0.3 is 11.1 Å². The summed E-state index contributed by atoms with van der Waals surface area (Å²) in [6, 6.07) is 5.94. The van der Waals surface area contributed by atoms with Crippen LogP contribution in [0.1, 0.15) is 54.9 Å². The summed E-state index contributed by atoms with van der Waals surface area (Å²) in [6.07, 6.45) is 8.41. The molecule has 2 amide bonds. The van der Waals surface area contributed by atoms with Gasteiger partial charge in [-0.2, -0.15) is 0 Å². The van der Waals surface area contributed by atoms with E-state index in [1.54, 1.807) is 0 Å². The van der Waals surface area contributed by atoms with Gasteiger partial charge in [0, 0.05) is 6.20 Å². The van der Waals surface area contributed by atoms with E-state index in [4.69, 9.17) is 5.73 Å². The van der Waals surface area contributed by atoms with Crippen LogP contribution < -0.4 is 16.6 Å². The highest BCUT2D eigenvalue weighted by molar-refractivity contribution is 5.95. The summed E-state index contributed by atoms with van der Waals surface area (Å²) in [7, 11) is 0. The molecule has 1 aliphatic carbocycles. The third-order valence-electron chi connectivity index (χ3n) is 5.96. The number of anilines is 1. The summed E-state index contributed by atoms with van der Waals surface area (Å²) >= 11 is 0. The number of nitrogens with zero attached hydrogens (tertiary/aromatic N) is 3. The van der Waals surface area contributed by atoms with Crippen molar-refractivity contribution in [2.75, 3.05) is 5.32 Å². The van der Waals surface area contributed by atoms with Crippen LogP contribution in [0.2, 0.25) is 0 Å². The van der Waals surface area contributed by atoms with Gasteiger partial charge in [-0.3, -0.25) is 19.0 Å². The van der Waals surface area contributed by atoms with Crippen LogP contribution in [0.15, 0.2) is 47.7 Å². The van der Waals surface area contributed by atoms with Crippen LogP contribution in [0.4, 0.5) is 10.2 Å². The average molecular weight is 437 g/mol. The van der Waals surface area contributed by atoms with Gasteiger partial charge in [0.15, 0.2) is 0 Å². The Bertz CT molecular complexity index is 1200. The molecule has 3 aromatic rings. The largest absolute Gasteiger partial charge is 0.366 e. The number of hydrogen-bond acceptors (Lipinski definition) is 5. The Kier molecular flexibility index (Phi) is 6.25. The second-order valence-electron chi connectivity index (χ2n) is 8.16. The number of pyridine rings is 1. The number of fused-ring (bicyclic) bond motifs is 1. The van der Waals surface area contributed by atoms with E-state index in [1.165, 1.54) is 47.8 Å². The van der Waals surface area contributed by atoms with Crippen LogP contribution in [-0.2, 0) is 4.79 Å². The van der Waals surface area contributed by atoms with Gasteiger partial charge in [-0.15, -0.1) is 0 Å². The van der Waals surface area contributed by atoms with Gasteiger partial charge in [-0.05, 0) is 42.7 Å². The molecule has 0 aliphatic heterocycles. The van der Waals surface area contributed by atoms with Gasteiger partial charge in [0.2, 0.25) is 11.8 Å². The number of nitrogens with two attached hydrogens (primary N) is 1. The minimum absolute atomic E-state index is 0.123. The predicted molar refractivity (Wildman–Crippen MR) is 118 cm³/mol. The highest BCUT2D eigenvalue weighted by Gasteiger charge is 2.28. The number of halogens is 1. The predicted octanol–water partition coefficient (Wildman–Crippen LogP) is 3.18. The lowest BCUT2D eigenvalue weighted by molar-refractivity contribution is -0.120. The van der Waals surface area contributed by atoms with Gasteiger partial charge in [-0.25, -0.2) is 14.4 Å². The van der Waals surface area contributed by atoms with E-state index in [2.05, 4.69) is 15.3 Å². The first kappa shape index (κ1) is 21.6. The fraction of sp³-hybridized carbons (Fsp3) is 0.348. The second-order valence-corrected chi connectivity index (χ2v) is 8.16. The molecule has 32 heavy (non-hydrogen) atoms. The molecule has 1 atom stereocenters. The van der Waals surface area contributed by atoms with Crippen LogP contribution in [-0.4, -0.2) is 26.3 Å². The fourth-order valence-electron chi connectivity index (χ4n) is 4.24. The van der Waals surface area contributed by atoms with Crippen molar-refractivity contribution in [1.82, 2.24) is 14.5 Å². The lowest BCUT2D eigenvalue weighted by atomic mass is 9.84. The van der Waals surface area contributed by atoms with Gasteiger partial charge in [0.25, 0.3) is 5.56 Å². The zero-order valence-corrected chi connectivity index (χ0v) is 17.5. The van der Waals surface area contributed by atoms with E-state index >= 15 is 0 Å². The van der Waals surface area contributed by atoms with E-state index in [0.29, 0.717) is 17.9 Å². The summed E-state index contributed by atoms with van der Waals surface area (Å²) in [6.45, 7) is 0. The number of aromatic nitrogens is 3. The molecule has 1 saturated carbocycles. The van der Waals surface area contributed by atoms with Crippen LogP contribution in [0.3, 0.4) is 0 Å². The highest BCUT2D eigenvalue weighted by Crippen LogP contribution is 2.31. The second kappa shape index (κ2) is 9.25. The Labute approximate surface area is 183 Å². The molecule has 0 spiro atoms. The number of benzene rings is 1. The van der Waals surface area contributed by atoms with Gasteiger partial charge in [-0.1, -0.05) is 32.1 Å². The molecular formula is C23H24FN5O3. The maximum Gasteiger partial charge on any atom is 0.262 e. The molecule has 1 aromatic carbocycles. The summed E-state index contributed by atoms with van der Waals surface area (Å²) in [5.41, 5.74) is 5.35. The minimum Gasteiger partial charge on any atom is -0.366 e. The maximum atomic E-state index is 13.8. The van der Waals surface area contributed by atoms with Crippen LogP contribution in [0.5, 0.6) is 0 Å². The van der Waals surface area contributed by atoms with E-state index in [0.717, 1.165) is 31.7 Å².